The first kappa shape index (κ1) is 24.6. The van der Waals surface area contributed by atoms with Crippen LogP contribution in [-0.4, -0.2) is 44.6 Å². The summed E-state index contributed by atoms with van der Waals surface area (Å²) in [6, 6.07) is 10.6. The number of carbonyl (C=O) groups excluding carboxylic acids is 3. The van der Waals surface area contributed by atoms with E-state index in [1.807, 2.05) is 19.1 Å². The Hall–Kier alpha value is -3.50. The zero-order valence-electron chi connectivity index (χ0n) is 18.7. The van der Waals surface area contributed by atoms with Crippen molar-refractivity contribution in [3.05, 3.63) is 64.2 Å². The maximum atomic E-state index is 14.2. The molecule has 0 aliphatic carbocycles. The first-order valence-electron chi connectivity index (χ1n) is 10.6. The first-order chi connectivity index (χ1) is 16.8. The maximum absolute atomic E-state index is 14.2. The number of thioether (sulfide) groups is 1. The van der Waals surface area contributed by atoms with Gasteiger partial charge in [0.05, 0.1) is 17.2 Å². The highest BCUT2D eigenvalue weighted by Gasteiger charge is 2.37. The van der Waals surface area contributed by atoms with Gasteiger partial charge in [0.15, 0.2) is 0 Å². The van der Waals surface area contributed by atoms with E-state index in [0.29, 0.717) is 29.1 Å². The summed E-state index contributed by atoms with van der Waals surface area (Å²) in [5, 5.41) is 0.713. The average Bonchev–Trinajstić information content (AvgIpc) is 3.09. The van der Waals surface area contributed by atoms with Gasteiger partial charge in [-0.2, -0.15) is 9.37 Å². The van der Waals surface area contributed by atoms with E-state index in [-0.39, 0.29) is 22.0 Å². The van der Waals surface area contributed by atoms with E-state index < -0.39 is 35.4 Å². The van der Waals surface area contributed by atoms with Crippen LogP contribution in [0.5, 0.6) is 11.6 Å². The van der Waals surface area contributed by atoms with Crippen molar-refractivity contribution in [3.8, 4) is 11.6 Å². The first-order valence-corrected chi connectivity index (χ1v) is 11.8. The largest absolute Gasteiger partial charge is 0.461 e. The lowest BCUT2D eigenvalue weighted by molar-refractivity contribution is -0.150. The van der Waals surface area contributed by atoms with Crippen molar-refractivity contribution < 1.29 is 28.2 Å². The summed E-state index contributed by atoms with van der Waals surface area (Å²) in [5.41, 5.74) is 0.421. The maximum Gasteiger partial charge on any atom is 0.326 e. The molecular formula is C24H19ClFN3O5S. The molecule has 1 aromatic heterocycles. The Kier molecular flexibility index (Phi) is 7.32. The molecule has 3 aromatic rings. The minimum Gasteiger partial charge on any atom is -0.461 e. The molecule has 2 heterocycles. The molecule has 8 nitrogen and oxygen atoms in total. The summed E-state index contributed by atoms with van der Waals surface area (Å²) in [6.07, 6.45) is 2.64. The molecule has 0 saturated carbocycles. The van der Waals surface area contributed by atoms with Crippen LogP contribution < -0.4 is 4.74 Å². The molecule has 0 bridgehead atoms. The van der Waals surface area contributed by atoms with Crippen LogP contribution in [-0.2, 0) is 14.3 Å². The standard InChI is InChI=1S/C24H19ClFN3O5S/c1-3-13(2)33-20(30)12-29-22(31)19(35-24(29)32)10-16-15-7-5-4-6-14(15)8-9-18(16)34-21-17(26)11-27-23(25)28-21/h4-11,13H,3,12H2,1-2H3/b19-10+/t13-/m0/s1. The quantitative estimate of drug-likeness (QED) is 0.228. The third kappa shape index (κ3) is 5.44. The van der Waals surface area contributed by atoms with E-state index in [1.165, 1.54) is 6.08 Å². The number of hydrogen-bond donors (Lipinski definition) is 0. The minimum atomic E-state index is -0.825. The molecule has 35 heavy (non-hydrogen) atoms. The molecule has 180 valence electrons. The van der Waals surface area contributed by atoms with Crippen molar-refractivity contribution in [2.45, 2.75) is 26.4 Å². The Morgan fingerprint density at radius 2 is 2.03 bits per heavy atom. The van der Waals surface area contributed by atoms with Gasteiger partial charge in [0.1, 0.15) is 12.3 Å². The van der Waals surface area contributed by atoms with Crippen LogP contribution in [0.2, 0.25) is 5.28 Å². The number of halogens is 2. The molecule has 1 saturated heterocycles. The third-order valence-electron chi connectivity index (χ3n) is 5.16. The number of amides is 2. The predicted octanol–water partition coefficient (Wildman–Crippen LogP) is 5.59. The van der Waals surface area contributed by atoms with E-state index in [9.17, 15) is 18.8 Å². The van der Waals surface area contributed by atoms with Crippen molar-refractivity contribution in [2.75, 3.05) is 6.54 Å². The van der Waals surface area contributed by atoms with Crippen LogP contribution in [0.3, 0.4) is 0 Å². The fourth-order valence-electron chi connectivity index (χ4n) is 3.26. The Morgan fingerprint density at radius 3 is 2.80 bits per heavy atom. The number of nitrogens with zero attached hydrogens (tertiary/aromatic N) is 3. The highest BCUT2D eigenvalue weighted by Crippen LogP contribution is 2.38. The smallest absolute Gasteiger partial charge is 0.326 e. The number of fused-ring (bicyclic) bond motifs is 1. The lowest BCUT2D eigenvalue weighted by atomic mass is 10.0. The van der Waals surface area contributed by atoms with Gasteiger partial charge in [-0.15, -0.1) is 0 Å². The molecule has 0 N–H and O–H groups in total. The van der Waals surface area contributed by atoms with Crippen LogP contribution in [0.15, 0.2) is 47.5 Å². The number of benzene rings is 2. The monoisotopic (exact) mass is 515 g/mol. The highest BCUT2D eigenvalue weighted by molar-refractivity contribution is 8.18. The molecule has 11 heteroatoms. The van der Waals surface area contributed by atoms with Gasteiger partial charge in [0, 0.05) is 5.56 Å². The number of carbonyl (C=O) groups is 3. The van der Waals surface area contributed by atoms with Crippen LogP contribution in [0.1, 0.15) is 25.8 Å². The summed E-state index contributed by atoms with van der Waals surface area (Å²) in [4.78, 5) is 45.9. The number of imide groups is 1. The van der Waals surface area contributed by atoms with Gasteiger partial charge in [0.2, 0.25) is 11.1 Å². The molecule has 2 aromatic carbocycles. The summed E-state index contributed by atoms with van der Waals surface area (Å²) in [6.45, 7) is 3.09. The molecular weight excluding hydrogens is 497 g/mol. The summed E-state index contributed by atoms with van der Waals surface area (Å²) >= 11 is 6.47. The lowest BCUT2D eigenvalue weighted by Crippen LogP contribution is -2.35. The van der Waals surface area contributed by atoms with Crippen molar-refractivity contribution in [1.82, 2.24) is 14.9 Å². The molecule has 1 aliphatic rings. The van der Waals surface area contributed by atoms with Gasteiger partial charge in [-0.05, 0) is 59.6 Å². The number of hydrogen-bond acceptors (Lipinski definition) is 8. The van der Waals surface area contributed by atoms with Crippen molar-refractivity contribution >= 4 is 57.3 Å². The van der Waals surface area contributed by atoms with Crippen molar-refractivity contribution in [1.29, 1.82) is 0 Å². The van der Waals surface area contributed by atoms with Crippen LogP contribution in [0.4, 0.5) is 9.18 Å². The topological polar surface area (TPSA) is 98.7 Å². The van der Waals surface area contributed by atoms with E-state index in [4.69, 9.17) is 21.1 Å². The fourth-order valence-corrected chi connectivity index (χ4v) is 4.21. The number of esters is 1. The fraction of sp³-hybridized carbons (Fsp3) is 0.208. The molecule has 1 atom stereocenters. The predicted molar refractivity (Wildman–Crippen MR) is 130 cm³/mol. The van der Waals surface area contributed by atoms with E-state index in [1.54, 1.807) is 31.2 Å². The van der Waals surface area contributed by atoms with Gasteiger partial charge in [0.25, 0.3) is 17.0 Å². The molecule has 0 radical (unpaired) electrons. The number of ether oxygens (including phenoxy) is 2. The zero-order chi connectivity index (χ0) is 25.1. The number of rotatable bonds is 7. The molecule has 1 fully saturated rings. The minimum absolute atomic E-state index is 0.0775. The second-order valence-corrected chi connectivity index (χ2v) is 8.90. The Labute approximate surface area is 209 Å². The molecule has 1 aliphatic heterocycles. The third-order valence-corrected chi connectivity index (χ3v) is 6.25. The Balaban J connectivity index is 1.71. The Morgan fingerprint density at radius 1 is 1.26 bits per heavy atom. The summed E-state index contributed by atoms with van der Waals surface area (Å²) in [7, 11) is 0. The van der Waals surface area contributed by atoms with Crippen LogP contribution in [0.25, 0.3) is 16.8 Å². The van der Waals surface area contributed by atoms with Crippen molar-refractivity contribution in [3.63, 3.8) is 0 Å². The van der Waals surface area contributed by atoms with Gasteiger partial charge < -0.3 is 9.47 Å². The summed E-state index contributed by atoms with van der Waals surface area (Å²) in [5.74, 6) is -2.35. The highest BCUT2D eigenvalue weighted by atomic mass is 35.5. The molecule has 0 unspecified atom stereocenters. The van der Waals surface area contributed by atoms with E-state index in [0.717, 1.165) is 16.5 Å². The van der Waals surface area contributed by atoms with Gasteiger partial charge in [-0.3, -0.25) is 19.3 Å². The average molecular weight is 516 g/mol. The molecule has 2 amide bonds. The second kappa shape index (κ2) is 10.4. The normalized spacial score (nSPS) is 15.7. The number of aromatic nitrogens is 2. The van der Waals surface area contributed by atoms with Gasteiger partial charge >= 0.3 is 5.97 Å². The Bertz CT molecular complexity index is 1370. The van der Waals surface area contributed by atoms with E-state index in [2.05, 4.69) is 9.97 Å². The second-order valence-electron chi connectivity index (χ2n) is 7.57. The molecule has 4 rings (SSSR count). The SMILES string of the molecule is CC[C@H](C)OC(=O)CN1C(=O)S/C(=C/c2c(Oc3nc(Cl)ncc3F)ccc3ccccc23)C1=O. The summed E-state index contributed by atoms with van der Waals surface area (Å²) < 4.78 is 25.1. The zero-order valence-corrected chi connectivity index (χ0v) is 20.2. The lowest BCUT2D eigenvalue weighted by Gasteiger charge is -2.15. The van der Waals surface area contributed by atoms with Crippen LogP contribution in [0, 0.1) is 5.82 Å². The van der Waals surface area contributed by atoms with Crippen LogP contribution >= 0.6 is 23.4 Å². The van der Waals surface area contributed by atoms with Gasteiger partial charge in [-0.25, -0.2) is 4.98 Å². The molecule has 0 spiro atoms. The van der Waals surface area contributed by atoms with E-state index >= 15 is 0 Å². The van der Waals surface area contributed by atoms with Crippen molar-refractivity contribution in [2.24, 2.45) is 0 Å². The van der Waals surface area contributed by atoms with Gasteiger partial charge in [-0.1, -0.05) is 37.3 Å².